The monoisotopic (exact) mass is 234 g/mol. The Hall–Kier alpha value is -1.26. The van der Waals surface area contributed by atoms with Gasteiger partial charge in [-0.3, -0.25) is 0 Å². The van der Waals surface area contributed by atoms with Crippen LogP contribution in [-0.4, -0.2) is 17.3 Å². The Kier molecular flexibility index (Phi) is 4.02. The van der Waals surface area contributed by atoms with Gasteiger partial charge in [-0.05, 0) is 12.1 Å². The normalized spacial score (nSPS) is 10.6. The van der Waals surface area contributed by atoms with Crippen LogP contribution in [-0.2, 0) is 5.75 Å². The quantitative estimate of drug-likeness (QED) is 0.808. The standard InChI is InChI=1S/C12H14N2OS/c13-6-7-16-9-11-8-15-12(14-11)10-4-2-1-3-5-10/h1-5,8H,6-7,9,13H2. The van der Waals surface area contributed by atoms with Crippen molar-refractivity contribution in [2.45, 2.75) is 5.75 Å². The van der Waals surface area contributed by atoms with Gasteiger partial charge < -0.3 is 10.2 Å². The van der Waals surface area contributed by atoms with Crippen molar-refractivity contribution >= 4 is 11.8 Å². The molecule has 1 aromatic carbocycles. The minimum atomic E-state index is 0.684. The average Bonchev–Trinajstić information content (AvgIpc) is 2.79. The van der Waals surface area contributed by atoms with Crippen molar-refractivity contribution in [1.29, 1.82) is 0 Å². The zero-order valence-corrected chi connectivity index (χ0v) is 9.74. The van der Waals surface area contributed by atoms with Crippen molar-refractivity contribution in [3.63, 3.8) is 0 Å². The van der Waals surface area contributed by atoms with Crippen LogP contribution in [0, 0.1) is 0 Å². The highest BCUT2D eigenvalue weighted by molar-refractivity contribution is 7.98. The van der Waals surface area contributed by atoms with Gasteiger partial charge in [0, 0.05) is 23.6 Å². The topological polar surface area (TPSA) is 52.0 Å². The maximum Gasteiger partial charge on any atom is 0.226 e. The first-order valence-electron chi connectivity index (χ1n) is 5.18. The Morgan fingerprint density at radius 3 is 2.81 bits per heavy atom. The van der Waals surface area contributed by atoms with Crippen LogP contribution in [0.5, 0.6) is 0 Å². The van der Waals surface area contributed by atoms with E-state index < -0.39 is 0 Å². The molecule has 0 unspecified atom stereocenters. The van der Waals surface area contributed by atoms with Gasteiger partial charge in [-0.15, -0.1) is 0 Å². The molecule has 0 fully saturated rings. The molecular weight excluding hydrogens is 220 g/mol. The summed E-state index contributed by atoms with van der Waals surface area (Å²) in [5, 5.41) is 0. The number of hydrogen-bond acceptors (Lipinski definition) is 4. The van der Waals surface area contributed by atoms with E-state index >= 15 is 0 Å². The van der Waals surface area contributed by atoms with Crippen LogP contribution in [0.1, 0.15) is 5.69 Å². The number of aromatic nitrogens is 1. The minimum absolute atomic E-state index is 0.684. The predicted molar refractivity (Wildman–Crippen MR) is 67.2 cm³/mol. The molecule has 0 amide bonds. The molecular formula is C12H14N2OS. The maximum absolute atomic E-state index is 5.43. The summed E-state index contributed by atoms with van der Waals surface area (Å²) in [5.74, 6) is 2.49. The first-order chi connectivity index (χ1) is 7.90. The van der Waals surface area contributed by atoms with Gasteiger partial charge in [0.15, 0.2) is 0 Å². The van der Waals surface area contributed by atoms with E-state index in [1.54, 1.807) is 18.0 Å². The molecule has 2 aromatic rings. The van der Waals surface area contributed by atoms with E-state index in [0.29, 0.717) is 12.4 Å². The number of oxazole rings is 1. The molecule has 0 radical (unpaired) electrons. The van der Waals surface area contributed by atoms with Crippen LogP contribution in [0.25, 0.3) is 11.5 Å². The Labute approximate surface area is 99.1 Å². The molecule has 0 aliphatic rings. The Balaban J connectivity index is 2.02. The van der Waals surface area contributed by atoms with E-state index in [4.69, 9.17) is 10.2 Å². The third kappa shape index (κ3) is 2.87. The van der Waals surface area contributed by atoms with Crippen molar-refractivity contribution in [1.82, 2.24) is 4.98 Å². The van der Waals surface area contributed by atoms with Crippen LogP contribution < -0.4 is 5.73 Å². The van der Waals surface area contributed by atoms with E-state index in [9.17, 15) is 0 Å². The first kappa shape index (κ1) is 11.2. The Morgan fingerprint density at radius 2 is 2.06 bits per heavy atom. The van der Waals surface area contributed by atoms with E-state index in [1.807, 2.05) is 30.3 Å². The fourth-order valence-corrected chi connectivity index (χ4v) is 2.00. The number of thioether (sulfide) groups is 1. The largest absolute Gasteiger partial charge is 0.444 e. The second-order valence-electron chi connectivity index (χ2n) is 3.35. The number of benzene rings is 1. The predicted octanol–water partition coefficient (Wildman–Crippen LogP) is 2.53. The second kappa shape index (κ2) is 5.72. The average molecular weight is 234 g/mol. The molecule has 2 rings (SSSR count). The third-order valence-corrected chi connectivity index (χ3v) is 3.11. The number of nitrogens with zero attached hydrogens (tertiary/aromatic N) is 1. The number of nitrogens with two attached hydrogens (primary N) is 1. The zero-order valence-electron chi connectivity index (χ0n) is 8.93. The van der Waals surface area contributed by atoms with Gasteiger partial charge in [0.25, 0.3) is 0 Å². The lowest BCUT2D eigenvalue weighted by Gasteiger charge is -1.94. The van der Waals surface area contributed by atoms with Crippen LogP contribution in [0.4, 0.5) is 0 Å². The highest BCUT2D eigenvalue weighted by Gasteiger charge is 2.05. The van der Waals surface area contributed by atoms with Crippen molar-refractivity contribution in [2.24, 2.45) is 5.73 Å². The van der Waals surface area contributed by atoms with E-state index in [0.717, 1.165) is 22.8 Å². The minimum Gasteiger partial charge on any atom is -0.444 e. The molecule has 0 bridgehead atoms. The van der Waals surface area contributed by atoms with E-state index in [1.165, 1.54) is 0 Å². The lowest BCUT2D eigenvalue weighted by molar-refractivity contribution is 0.573. The van der Waals surface area contributed by atoms with Crippen molar-refractivity contribution in [2.75, 3.05) is 12.3 Å². The highest BCUT2D eigenvalue weighted by atomic mass is 32.2. The van der Waals surface area contributed by atoms with Gasteiger partial charge >= 0.3 is 0 Å². The van der Waals surface area contributed by atoms with E-state index in [2.05, 4.69) is 4.98 Å². The van der Waals surface area contributed by atoms with Gasteiger partial charge in [0.05, 0.1) is 5.69 Å². The molecule has 0 saturated heterocycles. The molecule has 2 N–H and O–H groups in total. The molecule has 16 heavy (non-hydrogen) atoms. The van der Waals surface area contributed by atoms with Gasteiger partial charge in [0.2, 0.25) is 5.89 Å². The van der Waals surface area contributed by atoms with Crippen LogP contribution in [0.3, 0.4) is 0 Å². The van der Waals surface area contributed by atoms with Gasteiger partial charge in [0.1, 0.15) is 6.26 Å². The summed E-state index contributed by atoms with van der Waals surface area (Å²) in [6.07, 6.45) is 1.71. The smallest absolute Gasteiger partial charge is 0.226 e. The molecule has 4 heteroatoms. The molecule has 1 heterocycles. The molecule has 1 aromatic heterocycles. The summed E-state index contributed by atoms with van der Waals surface area (Å²) < 4.78 is 5.43. The number of hydrogen-bond donors (Lipinski definition) is 1. The maximum atomic E-state index is 5.43. The molecule has 84 valence electrons. The summed E-state index contributed by atoms with van der Waals surface area (Å²) in [6, 6.07) is 9.90. The summed E-state index contributed by atoms with van der Waals surface area (Å²) >= 11 is 1.77. The van der Waals surface area contributed by atoms with Crippen molar-refractivity contribution in [3.8, 4) is 11.5 Å². The van der Waals surface area contributed by atoms with Crippen LogP contribution in [0.2, 0.25) is 0 Å². The second-order valence-corrected chi connectivity index (χ2v) is 4.46. The SMILES string of the molecule is NCCSCc1coc(-c2ccccc2)n1. The lowest BCUT2D eigenvalue weighted by Crippen LogP contribution is -2.01. The molecule has 0 spiro atoms. The van der Waals surface area contributed by atoms with Crippen LogP contribution >= 0.6 is 11.8 Å². The van der Waals surface area contributed by atoms with E-state index in [-0.39, 0.29) is 0 Å². The van der Waals surface area contributed by atoms with Gasteiger partial charge in [-0.2, -0.15) is 11.8 Å². The first-order valence-corrected chi connectivity index (χ1v) is 6.33. The third-order valence-electron chi connectivity index (χ3n) is 2.08. The summed E-state index contributed by atoms with van der Waals surface area (Å²) in [4.78, 5) is 4.42. The van der Waals surface area contributed by atoms with Gasteiger partial charge in [-0.1, -0.05) is 18.2 Å². The summed E-state index contributed by atoms with van der Waals surface area (Å²) in [6.45, 7) is 0.702. The Bertz CT molecular complexity index is 428. The molecule has 3 nitrogen and oxygen atoms in total. The molecule has 0 atom stereocenters. The zero-order chi connectivity index (χ0) is 11.2. The fraction of sp³-hybridized carbons (Fsp3) is 0.250. The van der Waals surface area contributed by atoms with Gasteiger partial charge in [-0.25, -0.2) is 4.98 Å². The fourth-order valence-electron chi connectivity index (χ4n) is 1.35. The summed E-state index contributed by atoms with van der Waals surface area (Å²) in [7, 11) is 0. The Morgan fingerprint density at radius 1 is 1.25 bits per heavy atom. The summed E-state index contributed by atoms with van der Waals surface area (Å²) in [5.41, 5.74) is 7.41. The highest BCUT2D eigenvalue weighted by Crippen LogP contribution is 2.19. The number of rotatable bonds is 5. The lowest BCUT2D eigenvalue weighted by atomic mass is 10.2. The van der Waals surface area contributed by atoms with Crippen LogP contribution in [0.15, 0.2) is 41.0 Å². The van der Waals surface area contributed by atoms with Crippen molar-refractivity contribution < 1.29 is 4.42 Å². The molecule has 0 aliphatic heterocycles. The molecule has 0 saturated carbocycles. The van der Waals surface area contributed by atoms with Crippen molar-refractivity contribution in [3.05, 3.63) is 42.3 Å². The molecule has 0 aliphatic carbocycles.